The van der Waals surface area contributed by atoms with Crippen molar-refractivity contribution < 1.29 is 19.1 Å². The number of nitrogens with one attached hydrogen (secondary N) is 1. The largest absolute Gasteiger partial charge is 0.450 e. The van der Waals surface area contributed by atoms with Crippen LogP contribution in [0.3, 0.4) is 0 Å². The van der Waals surface area contributed by atoms with Crippen molar-refractivity contribution in [3.63, 3.8) is 0 Å². The highest BCUT2D eigenvalue weighted by Crippen LogP contribution is 2.12. The first-order valence-corrected chi connectivity index (χ1v) is 9.16. The number of benzene rings is 1. The first kappa shape index (κ1) is 20.7. The average Bonchev–Trinajstić information content (AvgIpc) is 2.67. The Bertz CT molecular complexity index is 669. The lowest BCUT2D eigenvalue weighted by molar-refractivity contribution is 0.0570. The quantitative estimate of drug-likeness (QED) is 0.797. The number of likely N-dealkylation sites (N-methyl/N-ethyl adjacent to an activating group) is 1. The number of piperazine rings is 1. The molecule has 8 heteroatoms. The molecular weight excluding hydrogens is 348 g/mol. The third kappa shape index (κ3) is 5.96. The van der Waals surface area contributed by atoms with Crippen LogP contribution in [-0.2, 0) is 4.74 Å². The van der Waals surface area contributed by atoms with Crippen molar-refractivity contribution in [2.75, 3.05) is 60.0 Å². The normalized spacial score (nSPS) is 14.2. The van der Waals surface area contributed by atoms with Gasteiger partial charge in [0.25, 0.3) is 11.8 Å². The second-order valence-electron chi connectivity index (χ2n) is 6.62. The van der Waals surface area contributed by atoms with Gasteiger partial charge in [0.2, 0.25) is 0 Å². The number of carbonyl (C=O) groups excluding carboxylic acids is 3. The van der Waals surface area contributed by atoms with Gasteiger partial charge in [0, 0.05) is 50.4 Å². The van der Waals surface area contributed by atoms with E-state index in [4.69, 9.17) is 4.74 Å². The molecule has 1 aromatic carbocycles. The van der Waals surface area contributed by atoms with E-state index in [1.165, 1.54) is 0 Å². The van der Waals surface area contributed by atoms with Crippen LogP contribution in [0.4, 0.5) is 4.79 Å². The Morgan fingerprint density at radius 3 is 2.33 bits per heavy atom. The predicted molar refractivity (Wildman–Crippen MR) is 102 cm³/mol. The summed E-state index contributed by atoms with van der Waals surface area (Å²) >= 11 is 0. The lowest BCUT2D eigenvalue weighted by atomic mass is 10.1. The molecule has 0 spiro atoms. The Hall–Kier alpha value is -2.61. The van der Waals surface area contributed by atoms with Crippen LogP contribution in [-0.4, -0.2) is 92.6 Å². The minimum Gasteiger partial charge on any atom is -0.450 e. The smallest absolute Gasteiger partial charge is 0.409 e. The average molecular weight is 376 g/mol. The predicted octanol–water partition coefficient (Wildman–Crippen LogP) is 0.892. The summed E-state index contributed by atoms with van der Waals surface area (Å²) < 4.78 is 4.99. The summed E-state index contributed by atoms with van der Waals surface area (Å²) in [6.45, 7) is 5.15. The van der Waals surface area contributed by atoms with E-state index < -0.39 is 0 Å². The molecule has 148 valence electrons. The number of rotatable bonds is 6. The highest BCUT2D eigenvalue weighted by molar-refractivity contribution is 5.99. The SMILES string of the molecule is CCOC(=O)N1CCN(C(=O)c2cccc(C(=O)NCCN(C)C)c2)CC1. The van der Waals surface area contributed by atoms with Crippen LogP contribution in [0.1, 0.15) is 27.6 Å². The van der Waals surface area contributed by atoms with E-state index in [1.807, 2.05) is 19.0 Å². The Kier molecular flexibility index (Phi) is 7.60. The maximum atomic E-state index is 12.7. The number of hydrogen-bond donors (Lipinski definition) is 1. The monoisotopic (exact) mass is 376 g/mol. The van der Waals surface area contributed by atoms with E-state index in [-0.39, 0.29) is 17.9 Å². The number of nitrogens with zero attached hydrogens (tertiary/aromatic N) is 3. The molecule has 1 aromatic rings. The molecule has 1 aliphatic heterocycles. The Morgan fingerprint density at radius 1 is 1.07 bits per heavy atom. The fourth-order valence-corrected chi connectivity index (χ4v) is 2.78. The molecule has 27 heavy (non-hydrogen) atoms. The standard InChI is InChI=1S/C19H28N4O4/c1-4-27-19(26)23-12-10-22(11-13-23)18(25)16-7-5-6-15(14-16)17(24)20-8-9-21(2)3/h5-7,14H,4,8-13H2,1-3H3,(H,20,24). The van der Waals surface area contributed by atoms with Crippen LogP contribution in [0.25, 0.3) is 0 Å². The summed E-state index contributed by atoms with van der Waals surface area (Å²) in [5.41, 5.74) is 0.935. The first-order valence-electron chi connectivity index (χ1n) is 9.16. The molecule has 1 heterocycles. The molecule has 0 unspecified atom stereocenters. The van der Waals surface area contributed by atoms with Crippen LogP contribution in [0.5, 0.6) is 0 Å². The van der Waals surface area contributed by atoms with Crippen LogP contribution in [0.2, 0.25) is 0 Å². The van der Waals surface area contributed by atoms with Crippen molar-refractivity contribution >= 4 is 17.9 Å². The van der Waals surface area contributed by atoms with Gasteiger partial charge in [0.05, 0.1) is 6.61 Å². The van der Waals surface area contributed by atoms with Crippen molar-refractivity contribution in [2.24, 2.45) is 0 Å². The van der Waals surface area contributed by atoms with Gasteiger partial charge in [-0.2, -0.15) is 0 Å². The van der Waals surface area contributed by atoms with Gasteiger partial charge in [-0.15, -0.1) is 0 Å². The van der Waals surface area contributed by atoms with Gasteiger partial charge in [-0.25, -0.2) is 4.79 Å². The topological polar surface area (TPSA) is 82.2 Å². The molecule has 0 aliphatic carbocycles. The van der Waals surface area contributed by atoms with Gasteiger partial charge < -0.3 is 24.8 Å². The molecule has 2 rings (SSSR count). The maximum absolute atomic E-state index is 12.7. The third-order valence-electron chi connectivity index (χ3n) is 4.31. The Balaban J connectivity index is 1.93. The number of amides is 3. The number of hydrogen-bond acceptors (Lipinski definition) is 5. The summed E-state index contributed by atoms with van der Waals surface area (Å²) in [5, 5.41) is 2.84. The van der Waals surface area contributed by atoms with Crippen LogP contribution in [0, 0.1) is 0 Å². The van der Waals surface area contributed by atoms with Crippen LogP contribution >= 0.6 is 0 Å². The van der Waals surface area contributed by atoms with Gasteiger partial charge in [-0.05, 0) is 39.2 Å². The molecule has 0 bridgehead atoms. The van der Waals surface area contributed by atoms with Gasteiger partial charge in [0.15, 0.2) is 0 Å². The van der Waals surface area contributed by atoms with E-state index in [9.17, 15) is 14.4 Å². The highest BCUT2D eigenvalue weighted by Gasteiger charge is 2.25. The molecule has 1 fully saturated rings. The Morgan fingerprint density at radius 2 is 1.70 bits per heavy atom. The summed E-state index contributed by atoms with van der Waals surface area (Å²) in [6, 6.07) is 6.73. The minimum absolute atomic E-state index is 0.138. The lowest BCUT2D eigenvalue weighted by Gasteiger charge is -2.34. The number of ether oxygens (including phenoxy) is 1. The van der Waals surface area contributed by atoms with E-state index in [1.54, 1.807) is 41.0 Å². The van der Waals surface area contributed by atoms with Crippen LogP contribution < -0.4 is 5.32 Å². The number of carbonyl (C=O) groups is 3. The molecule has 1 aliphatic rings. The fourth-order valence-electron chi connectivity index (χ4n) is 2.78. The van der Waals surface area contributed by atoms with Crippen molar-refractivity contribution in [3.05, 3.63) is 35.4 Å². The zero-order chi connectivity index (χ0) is 19.8. The first-order chi connectivity index (χ1) is 12.9. The summed E-state index contributed by atoms with van der Waals surface area (Å²) in [6.07, 6.45) is -0.346. The van der Waals surface area contributed by atoms with Gasteiger partial charge in [-0.1, -0.05) is 6.07 Å². The van der Waals surface area contributed by atoms with Gasteiger partial charge in [-0.3, -0.25) is 9.59 Å². The van der Waals surface area contributed by atoms with Gasteiger partial charge >= 0.3 is 6.09 Å². The minimum atomic E-state index is -0.346. The van der Waals surface area contributed by atoms with Crippen molar-refractivity contribution in [1.82, 2.24) is 20.0 Å². The van der Waals surface area contributed by atoms with Gasteiger partial charge in [0.1, 0.15) is 0 Å². The van der Waals surface area contributed by atoms with Crippen molar-refractivity contribution in [1.29, 1.82) is 0 Å². The lowest BCUT2D eigenvalue weighted by Crippen LogP contribution is -2.50. The zero-order valence-corrected chi connectivity index (χ0v) is 16.2. The molecule has 8 nitrogen and oxygen atoms in total. The molecular formula is C19H28N4O4. The maximum Gasteiger partial charge on any atom is 0.409 e. The van der Waals surface area contributed by atoms with Crippen molar-refractivity contribution in [3.8, 4) is 0 Å². The molecule has 1 N–H and O–H groups in total. The fraction of sp³-hybridized carbons (Fsp3) is 0.526. The second-order valence-corrected chi connectivity index (χ2v) is 6.62. The van der Waals surface area contributed by atoms with E-state index >= 15 is 0 Å². The molecule has 0 aromatic heterocycles. The van der Waals surface area contributed by atoms with E-state index in [2.05, 4.69) is 5.32 Å². The zero-order valence-electron chi connectivity index (χ0n) is 16.2. The highest BCUT2D eigenvalue weighted by atomic mass is 16.6. The molecule has 0 saturated carbocycles. The summed E-state index contributed by atoms with van der Waals surface area (Å²) in [4.78, 5) is 42.0. The summed E-state index contributed by atoms with van der Waals surface area (Å²) in [7, 11) is 3.88. The van der Waals surface area contributed by atoms with Crippen molar-refractivity contribution in [2.45, 2.75) is 6.92 Å². The Labute approximate surface area is 160 Å². The van der Waals surface area contributed by atoms with Crippen LogP contribution in [0.15, 0.2) is 24.3 Å². The molecule has 0 atom stereocenters. The molecule has 3 amide bonds. The third-order valence-corrected chi connectivity index (χ3v) is 4.31. The molecule has 0 radical (unpaired) electrons. The van der Waals surface area contributed by atoms with E-state index in [0.29, 0.717) is 50.5 Å². The van der Waals surface area contributed by atoms with E-state index in [0.717, 1.165) is 6.54 Å². The molecule has 1 saturated heterocycles. The second kappa shape index (κ2) is 9.91. The summed E-state index contributed by atoms with van der Waals surface area (Å²) in [5.74, 6) is -0.333.